The number of hydrogen-bond donors (Lipinski definition) is 1. The van der Waals surface area contributed by atoms with E-state index in [0.29, 0.717) is 6.61 Å². The van der Waals surface area contributed by atoms with Crippen molar-refractivity contribution in [3.63, 3.8) is 0 Å². The van der Waals surface area contributed by atoms with Crippen molar-refractivity contribution >= 4 is 5.97 Å². The van der Waals surface area contributed by atoms with E-state index in [0.717, 1.165) is 19.7 Å². The van der Waals surface area contributed by atoms with Crippen LogP contribution in [-0.2, 0) is 9.53 Å². The van der Waals surface area contributed by atoms with Crippen molar-refractivity contribution in [1.82, 2.24) is 4.90 Å². The summed E-state index contributed by atoms with van der Waals surface area (Å²) in [6, 6.07) is 0. The SMILES string of the molecule is C=CC(=O)OCCN(C)C.CO. The van der Waals surface area contributed by atoms with Gasteiger partial charge < -0.3 is 14.7 Å². The molecule has 0 aliphatic rings. The fraction of sp³-hybridized carbons (Fsp3) is 0.625. The van der Waals surface area contributed by atoms with Gasteiger partial charge in [-0.05, 0) is 14.1 Å². The number of nitrogens with zero attached hydrogens (tertiary/aromatic N) is 1. The van der Waals surface area contributed by atoms with Crippen LogP contribution in [0.15, 0.2) is 12.7 Å². The van der Waals surface area contributed by atoms with Crippen molar-refractivity contribution in [3.05, 3.63) is 12.7 Å². The molecule has 4 heteroatoms. The Bertz CT molecular complexity index is 123. The molecule has 72 valence electrons. The number of carbonyl (C=O) groups excluding carboxylic acids is 1. The summed E-state index contributed by atoms with van der Waals surface area (Å²) in [5, 5.41) is 7.00. The van der Waals surface area contributed by atoms with E-state index < -0.39 is 0 Å². The normalized spacial score (nSPS) is 8.42. The van der Waals surface area contributed by atoms with Gasteiger partial charge in [0.1, 0.15) is 6.61 Å². The minimum absolute atomic E-state index is 0.359. The number of hydrogen-bond acceptors (Lipinski definition) is 4. The zero-order valence-corrected chi connectivity index (χ0v) is 7.91. The van der Waals surface area contributed by atoms with Crippen LogP contribution in [0.25, 0.3) is 0 Å². The van der Waals surface area contributed by atoms with E-state index in [9.17, 15) is 4.79 Å². The molecule has 0 heterocycles. The van der Waals surface area contributed by atoms with Crippen molar-refractivity contribution in [2.24, 2.45) is 0 Å². The van der Waals surface area contributed by atoms with Crippen LogP contribution in [0, 0.1) is 0 Å². The van der Waals surface area contributed by atoms with Crippen LogP contribution in [-0.4, -0.2) is 50.3 Å². The highest BCUT2D eigenvalue weighted by Crippen LogP contribution is 1.80. The van der Waals surface area contributed by atoms with Gasteiger partial charge in [0, 0.05) is 19.7 Å². The largest absolute Gasteiger partial charge is 0.461 e. The monoisotopic (exact) mass is 175 g/mol. The number of aliphatic hydroxyl groups is 1. The molecular formula is C8H17NO3. The van der Waals surface area contributed by atoms with Crippen LogP contribution in [0.2, 0.25) is 0 Å². The first kappa shape index (κ1) is 13.7. The summed E-state index contributed by atoms with van der Waals surface area (Å²) >= 11 is 0. The van der Waals surface area contributed by atoms with Crippen LogP contribution in [0.1, 0.15) is 0 Å². The molecule has 0 saturated heterocycles. The quantitative estimate of drug-likeness (QED) is 0.478. The number of rotatable bonds is 4. The Balaban J connectivity index is 0. The highest BCUT2D eigenvalue weighted by molar-refractivity contribution is 5.81. The molecule has 0 aromatic heterocycles. The maximum atomic E-state index is 10.4. The molecular weight excluding hydrogens is 158 g/mol. The minimum atomic E-state index is -0.359. The van der Waals surface area contributed by atoms with Crippen molar-refractivity contribution < 1.29 is 14.6 Å². The maximum Gasteiger partial charge on any atom is 0.330 e. The molecule has 0 aliphatic carbocycles. The van der Waals surface area contributed by atoms with Crippen LogP contribution < -0.4 is 0 Å². The summed E-state index contributed by atoms with van der Waals surface area (Å²) < 4.78 is 4.70. The van der Waals surface area contributed by atoms with E-state index in [1.54, 1.807) is 0 Å². The van der Waals surface area contributed by atoms with Gasteiger partial charge in [-0.25, -0.2) is 4.79 Å². The summed E-state index contributed by atoms with van der Waals surface area (Å²) in [6.07, 6.45) is 1.16. The Hall–Kier alpha value is -0.870. The molecule has 0 rings (SSSR count). The average Bonchev–Trinajstić information content (AvgIpc) is 2.07. The van der Waals surface area contributed by atoms with E-state index in [1.165, 1.54) is 0 Å². The Morgan fingerprint density at radius 3 is 2.42 bits per heavy atom. The van der Waals surface area contributed by atoms with Gasteiger partial charge in [-0.1, -0.05) is 6.58 Å². The molecule has 0 aliphatic heterocycles. The topological polar surface area (TPSA) is 49.8 Å². The van der Waals surface area contributed by atoms with E-state index in [-0.39, 0.29) is 5.97 Å². The number of aliphatic hydroxyl groups excluding tert-OH is 1. The number of ether oxygens (including phenoxy) is 1. The Labute approximate surface area is 73.4 Å². The van der Waals surface area contributed by atoms with Gasteiger partial charge >= 0.3 is 5.97 Å². The molecule has 0 saturated carbocycles. The molecule has 0 atom stereocenters. The second-order valence-corrected chi connectivity index (χ2v) is 2.17. The molecule has 0 fully saturated rings. The van der Waals surface area contributed by atoms with Crippen molar-refractivity contribution in [2.45, 2.75) is 0 Å². The maximum absolute atomic E-state index is 10.4. The molecule has 1 N–H and O–H groups in total. The zero-order valence-electron chi connectivity index (χ0n) is 7.91. The van der Waals surface area contributed by atoms with Gasteiger partial charge in [-0.3, -0.25) is 0 Å². The third kappa shape index (κ3) is 11.9. The third-order valence-corrected chi connectivity index (χ3v) is 0.949. The van der Waals surface area contributed by atoms with Gasteiger partial charge in [0.15, 0.2) is 0 Å². The van der Waals surface area contributed by atoms with Gasteiger partial charge in [-0.15, -0.1) is 0 Å². The summed E-state index contributed by atoms with van der Waals surface area (Å²) in [7, 11) is 4.84. The summed E-state index contributed by atoms with van der Waals surface area (Å²) in [5.41, 5.74) is 0. The molecule has 0 spiro atoms. The lowest BCUT2D eigenvalue weighted by molar-refractivity contribution is -0.137. The second-order valence-electron chi connectivity index (χ2n) is 2.17. The highest BCUT2D eigenvalue weighted by Gasteiger charge is 1.94. The van der Waals surface area contributed by atoms with Crippen LogP contribution in [0.5, 0.6) is 0 Å². The summed E-state index contributed by atoms with van der Waals surface area (Å²) in [5.74, 6) is -0.359. The molecule has 0 aromatic carbocycles. The number of carbonyl (C=O) groups is 1. The molecule has 12 heavy (non-hydrogen) atoms. The van der Waals surface area contributed by atoms with Gasteiger partial charge in [0.05, 0.1) is 0 Å². The fourth-order valence-electron chi connectivity index (χ4n) is 0.388. The predicted octanol–water partition coefficient (Wildman–Crippen LogP) is -0.114. The zero-order chi connectivity index (χ0) is 9.98. The van der Waals surface area contributed by atoms with Gasteiger partial charge in [0.25, 0.3) is 0 Å². The molecule has 4 nitrogen and oxygen atoms in total. The Kier molecular flexibility index (Phi) is 11.6. The predicted molar refractivity (Wildman–Crippen MR) is 47.9 cm³/mol. The molecule has 0 radical (unpaired) electrons. The third-order valence-electron chi connectivity index (χ3n) is 0.949. The molecule has 0 aromatic rings. The fourth-order valence-corrected chi connectivity index (χ4v) is 0.388. The van der Waals surface area contributed by atoms with Crippen molar-refractivity contribution in [2.75, 3.05) is 34.4 Å². The minimum Gasteiger partial charge on any atom is -0.461 e. The standard InChI is InChI=1S/C7H13NO2.CH4O/c1-4-7(9)10-6-5-8(2)3;1-2/h4H,1,5-6H2,2-3H3;2H,1H3. The van der Waals surface area contributed by atoms with Gasteiger partial charge in [-0.2, -0.15) is 0 Å². The van der Waals surface area contributed by atoms with Crippen LogP contribution in [0.4, 0.5) is 0 Å². The van der Waals surface area contributed by atoms with Gasteiger partial charge in [0.2, 0.25) is 0 Å². The summed E-state index contributed by atoms with van der Waals surface area (Å²) in [4.78, 5) is 12.4. The molecule has 0 amide bonds. The first-order chi connectivity index (χ1) is 5.66. The lowest BCUT2D eigenvalue weighted by Gasteiger charge is -2.07. The molecule has 0 unspecified atom stereocenters. The Morgan fingerprint density at radius 1 is 1.58 bits per heavy atom. The highest BCUT2D eigenvalue weighted by atomic mass is 16.5. The van der Waals surface area contributed by atoms with E-state index in [2.05, 4.69) is 6.58 Å². The number of esters is 1. The average molecular weight is 175 g/mol. The van der Waals surface area contributed by atoms with E-state index >= 15 is 0 Å². The number of likely N-dealkylation sites (N-methyl/N-ethyl adjacent to an activating group) is 1. The van der Waals surface area contributed by atoms with Crippen molar-refractivity contribution in [3.8, 4) is 0 Å². The van der Waals surface area contributed by atoms with E-state index in [4.69, 9.17) is 9.84 Å². The summed E-state index contributed by atoms with van der Waals surface area (Å²) in [6.45, 7) is 4.45. The Morgan fingerprint density at radius 2 is 2.08 bits per heavy atom. The second kappa shape index (κ2) is 10.1. The van der Waals surface area contributed by atoms with Crippen molar-refractivity contribution in [1.29, 1.82) is 0 Å². The molecule has 0 bridgehead atoms. The first-order valence-electron chi connectivity index (χ1n) is 3.55. The lowest BCUT2D eigenvalue weighted by Crippen LogP contribution is -2.19. The van der Waals surface area contributed by atoms with Crippen LogP contribution >= 0.6 is 0 Å². The lowest BCUT2D eigenvalue weighted by atomic mass is 10.6. The smallest absolute Gasteiger partial charge is 0.330 e. The van der Waals surface area contributed by atoms with E-state index in [1.807, 2.05) is 19.0 Å². The first-order valence-corrected chi connectivity index (χ1v) is 3.55. The van der Waals surface area contributed by atoms with Crippen LogP contribution in [0.3, 0.4) is 0 Å².